The molecule has 0 radical (unpaired) electrons. The molecule has 2 atom stereocenters. The fraction of sp³-hybridized carbons (Fsp3) is 0.917. The van der Waals surface area contributed by atoms with Crippen LogP contribution in [-0.2, 0) is 14.3 Å². The average Bonchev–Trinajstić information content (AvgIpc) is 2.82. The molecule has 1 fully saturated rings. The minimum atomic E-state index is -1.23. The van der Waals surface area contributed by atoms with Crippen LogP contribution in [0.1, 0.15) is 52.4 Å². The summed E-state index contributed by atoms with van der Waals surface area (Å²) in [6, 6.07) is 0. The van der Waals surface area contributed by atoms with Gasteiger partial charge in [-0.2, -0.15) is 0 Å². The summed E-state index contributed by atoms with van der Waals surface area (Å²) < 4.78 is 9.96. The Morgan fingerprint density at radius 2 is 1.94 bits per heavy atom. The predicted octanol–water partition coefficient (Wildman–Crippen LogP) is 3.24. The third-order valence-corrected chi connectivity index (χ3v) is 3.84. The molecule has 0 aromatic rings. The first kappa shape index (κ1) is 13.8. The van der Waals surface area contributed by atoms with Crippen LogP contribution < -0.4 is 0 Å². The van der Waals surface area contributed by atoms with Gasteiger partial charge in [0, 0.05) is 0 Å². The van der Waals surface area contributed by atoms with Gasteiger partial charge in [-0.15, -0.1) is 0 Å². The van der Waals surface area contributed by atoms with Crippen LogP contribution in [0.5, 0.6) is 0 Å². The Morgan fingerprint density at radius 3 is 2.50 bits per heavy atom. The maximum atomic E-state index is 11.4. The summed E-state index contributed by atoms with van der Waals surface area (Å²) in [4.78, 5) is 11.4. The lowest BCUT2D eigenvalue weighted by atomic mass is 9.98. The van der Waals surface area contributed by atoms with Crippen LogP contribution in [0.25, 0.3) is 0 Å². The van der Waals surface area contributed by atoms with Gasteiger partial charge in [-0.25, -0.2) is 4.79 Å². The van der Waals surface area contributed by atoms with Gasteiger partial charge in [-0.1, -0.05) is 50.6 Å². The summed E-state index contributed by atoms with van der Waals surface area (Å²) in [5.41, 5.74) is -0.534. The van der Waals surface area contributed by atoms with Crippen LogP contribution in [0.2, 0.25) is 0 Å². The van der Waals surface area contributed by atoms with Crippen molar-refractivity contribution >= 4 is 17.6 Å². The first-order valence-corrected chi connectivity index (χ1v) is 6.35. The first-order valence-electron chi connectivity index (χ1n) is 5.97. The molecule has 3 nitrogen and oxygen atoms in total. The van der Waals surface area contributed by atoms with Crippen molar-refractivity contribution in [3.8, 4) is 0 Å². The molecular formula is C12H21ClO3. The van der Waals surface area contributed by atoms with Gasteiger partial charge in [-0.05, 0) is 13.3 Å². The van der Waals surface area contributed by atoms with Crippen molar-refractivity contribution in [3.05, 3.63) is 0 Å². The largest absolute Gasteiger partial charge is 0.466 e. The van der Waals surface area contributed by atoms with E-state index in [2.05, 4.69) is 11.7 Å². The second-order valence-corrected chi connectivity index (χ2v) is 5.12. The molecular weight excluding hydrogens is 228 g/mol. The van der Waals surface area contributed by atoms with Gasteiger partial charge >= 0.3 is 5.97 Å². The van der Waals surface area contributed by atoms with E-state index in [0.717, 1.165) is 12.8 Å². The molecule has 1 aliphatic rings. The highest BCUT2D eigenvalue weighted by atomic mass is 35.5. The number of halogens is 1. The van der Waals surface area contributed by atoms with E-state index in [1.54, 1.807) is 0 Å². The van der Waals surface area contributed by atoms with Crippen molar-refractivity contribution in [1.29, 1.82) is 0 Å². The molecule has 0 aliphatic carbocycles. The number of hydrogen-bond acceptors (Lipinski definition) is 3. The van der Waals surface area contributed by atoms with Gasteiger partial charge in [-0.3, -0.25) is 0 Å². The van der Waals surface area contributed by atoms with Crippen LogP contribution in [0.15, 0.2) is 0 Å². The zero-order valence-electron chi connectivity index (χ0n) is 10.3. The maximum absolute atomic E-state index is 11.4. The molecule has 1 heterocycles. The lowest BCUT2D eigenvalue weighted by Crippen LogP contribution is -2.28. The van der Waals surface area contributed by atoms with E-state index in [0.29, 0.717) is 0 Å². The van der Waals surface area contributed by atoms with Gasteiger partial charge in [0.05, 0.1) is 7.11 Å². The second kappa shape index (κ2) is 5.37. The van der Waals surface area contributed by atoms with Gasteiger partial charge in [0.2, 0.25) is 0 Å². The SMILES string of the molecule is CCCCCCCC1(C)OC1(Cl)C(=O)OC. The number of hydrogen-bond donors (Lipinski definition) is 0. The third-order valence-electron chi connectivity index (χ3n) is 3.21. The Bertz CT molecular complexity index is 257. The van der Waals surface area contributed by atoms with E-state index in [1.165, 1.54) is 32.8 Å². The van der Waals surface area contributed by atoms with E-state index in [9.17, 15) is 4.79 Å². The minimum absolute atomic E-state index is 0.481. The number of carbonyl (C=O) groups is 1. The van der Waals surface area contributed by atoms with Crippen LogP contribution >= 0.6 is 11.6 Å². The fourth-order valence-electron chi connectivity index (χ4n) is 1.95. The number of rotatable bonds is 7. The Labute approximate surface area is 102 Å². The summed E-state index contributed by atoms with van der Waals surface area (Å²) >= 11 is 6.05. The molecule has 0 aromatic carbocycles. The third kappa shape index (κ3) is 2.69. The number of carbonyl (C=O) groups excluding carboxylic acids is 1. The van der Waals surface area contributed by atoms with E-state index in [4.69, 9.17) is 16.3 Å². The zero-order valence-corrected chi connectivity index (χ0v) is 11.1. The van der Waals surface area contributed by atoms with Crippen molar-refractivity contribution < 1.29 is 14.3 Å². The van der Waals surface area contributed by atoms with Crippen molar-refractivity contribution in [2.45, 2.75) is 63.0 Å². The van der Waals surface area contributed by atoms with Gasteiger partial charge < -0.3 is 9.47 Å². The number of epoxide rings is 1. The molecule has 0 aromatic heterocycles. The monoisotopic (exact) mass is 248 g/mol. The van der Waals surface area contributed by atoms with Crippen molar-refractivity contribution in [1.82, 2.24) is 0 Å². The number of ether oxygens (including phenoxy) is 2. The van der Waals surface area contributed by atoms with E-state index >= 15 is 0 Å². The van der Waals surface area contributed by atoms with E-state index < -0.39 is 16.6 Å². The smallest absolute Gasteiger partial charge is 0.357 e. The molecule has 1 aliphatic heterocycles. The summed E-state index contributed by atoms with van der Waals surface area (Å²) in [6.07, 6.45) is 6.76. The van der Waals surface area contributed by atoms with Gasteiger partial charge in [0.25, 0.3) is 5.06 Å². The Kier molecular flexibility index (Phi) is 4.62. The highest BCUT2D eigenvalue weighted by Gasteiger charge is 2.72. The van der Waals surface area contributed by atoms with Crippen molar-refractivity contribution in [2.24, 2.45) is 0 Å². The highest BCUT2D eigenvalue weighted by molar-refractivity contribution is 6.35. The quantitative estimate of drug-likeness (QED) is 0.301. The van der Waals surface area contributed by atoms with Crippen molar-refractivity contribution in [3.63, 3.8) is 0 Å². The maximum Gasteiger partial charge on any atom is 0.357 e. The molecule has 1 rings (SSSR count). The number of esters is 1. The molecule has 16 heavy (non-hydrogen) atoms. The van der Waals surface area contributed by atoms with Gasteiger partial charge in [0.1, 0.15) is 5.60 Å². The minimum Gasteiger partial charge on any atom is -0.466 e. The van der Waals surface area contributed by atoms with Crippen LogP contribution in [0.4, 0.5) is 0 Å². The van der Waals surface area contributed by atoms with Crippen LogP contribution in [0, 0.1) is 0 Å². The van der Waals surface area contributed by atoms with Crippen LogP contribution in [-0.4, -0.2) is 23.7 Å². The van der Waals surface area contributed by atoms with E-state index in [-0.39, 0.29) is 0 Å². The number of methoxy groups -OCH3 is 1. The predicted molar refractivity (Wildman–Crippen MR) is 63.5 cm³/mol. The highest BCUT2D eigenvalue weighted by Crippen LogP contribution is 2.54. The molecule has 94 valence electrons. The summed E-state index contributed by atoms with van der Waals surface area (Å²) in [5, 5.41) is -1.23. The first-order chi connectivity index (χ1) is 7.50. The lowest BCUT2D eigenvalue weighted by molar-refractivity contribution is -0.143. The Morgan fingerprint density at radius 1 is 1.31 bits per heavy atom. The zero-order chi connectivity index (χ0) is 12.2. The summed E-state index contributed by atoms with van der Waals surface area (Å²) in [7, 11) is 1.33. The number of unbranched alkanes of at least 4 members (excludes halogenated alkanes) is 4. The van der Waals surface area contributed by atoms with Gasteiger partial charge in [0.15, 0.2) is 0 Å². The molecule has 0 amide bonds. The summed E-state index contributed by atoms with van der Waals surface area (Å²) in [6.45, 7) is 4.06. The Balaban J connectivity index is 2.26. The molecule has 0 saturated carbocycles. The Hall–Kier alpha value is -0.280. The average molecular weight is 249 g/mol. The topological polar surface area (TPSA) is 38.8 Å². The van der Waals surface area contributed by atoms with E-state index in [1.807, 2.05) is 6.92 Å². The fourth-order valence-corrected chi connectivity index (χ4v) is 2.29. The van der Waals surface area contributed by atoms with Crippen molar-refractivity contribution in [2.75, 3.05) is 7.11 Å². The molecule has 4 heteroatoms. The second-order valence-electron chi connectivity index (χ2n) is 4.58. The molecule has 0 spiro atoms. The lowest BCUT2D eigenvalue weighted by Gasteiger charge is -2.08. The molecule has 2 unspecified atom stereocenters. The number of alkyl halides is 1. The molecule has 1 saturated heterocycles. The standard InChI is InChI=1S/C12H21ClO3/c1-4-5-6-7-8-9-11(2)12(13,16-11)10(14)15-3/h4-9H2,1-3H3. The van der Waals surface area contributed by atoms with Crippen LogP contribution in [0.3, 0.4) is 0 Å². The normalized spacial score (nSPS) is 32.5. The molecule has 0 bridgehead atoms. The summed E-state index contributed by atoms with van der Waals surface area (Å²) in [5.74, 6) is -0.481. The molecule has 0 N–H and O–H groups in total.